The molecule has 1 nitrogen and oxygen atoms in total. The molecular formula is C32H37N. The minimum atomic E-state index is 0.616. The van der Waals surface area contributed by atoms with Crippen LogP contribution in [0.3, 0.4) is 0 Å². The Hall–Kier alpha value is -3.19. The summed E-state index contributed by atoms with van der Waals surface area (Å²) in [5, 5.41) is 2.37. The van der Waals surface area contributed by atoms with Gasteiger partial charge in [-0.15, -0.1) is 0 Å². The van der Waals surface area contributed by atoms with Crippen LogP contribution in [0.15, 0.2) is 97.3 Å². The van der Waals surface area contributed by atoms with Crippen LogP contribution in [0.4, 0.5) is 0 Å². The third kappa shape index (κ3) is 6.20. The molecule has 1 heterocycles. The molecular weight excluding hydrogens is 398 g/mol. The first-order valence-corrected chi connectivity index (χ1v) is 12.2. The van der Waals surface area contributed by atoms with Crippen molar-refractivity contribution in [2.24, 2.45) is 5.92 Å². The zero-order chi connectivity index (χ0) is 23.8. The van der Waals surface area contributed by atoms with E-state index in [-0.39, 0.29) is 0 Å². The lowest BCUT2D eigenvalue weighted by atomic mass is 9.88. The van der Waals surface area contributed by atoms with Crippen LogP contribution in [-0.4, -0.2) is 4.98 Å². The van der Waals surface area contributed by atoms with Gasteiger partial charge in [0.25, 0.3) is 0 Å². The van der Waals surface area contributed by atoms with Gasteiger partial charge in [-0.05, 0) is 76.1 Å². The Morgan fingerprint density at radius 3 is 2.18 bits per heavy atom. The summed E-state index contributed by atoms with van der Waals surface area (Å²) in [6.45, 7) is 17.7. The number of benzene rings is 2. The number of pyridine rings is 1. The molecule has 33 heavy (non-hydrogen) atoms. The van der Waals surface area contributed by atoms with Crippen LogP contribution in [0.2, 0.25) is 0 Å². The van der Waals surface area contributed by atoms with Gasteiger partial charge in [0.1, 0.15) is 0 Å². The molecule has 170 valence electrons. The van der Waals surface area contributed by atoms with E-state index in [2.05, 4.69) is 102 Å². The van der Waals surface area contributed by atoms with Crippen LogP contribution in [0.25, 0.3) is 21.9 Å². The highest BCUT2D eigenvalue weighted by Crippen LogP contribution is 2.31. The van der Waals surface area contributed by atoms with Gasteiger partial charge in [-0.1, -0.05) is 102 Å². The molecule has 0 fully saturated rings. The standard InChI is InChI=1S/C32H37N/c1-7-23(4)18-30(31-17-13-12-14-26(31)8-2)20-25(6)24(5)19-27(9-3)32-21-28-15-10-11-16-29(28)22-33-32/h10-17,19-23H,5-9,18H2,1-4H3/b27-19+,30-20+. The number of aromatic nitrogens is 1. The normalized spacial score (nSPS) is 13.2. The molecule has 0 aliphatic rings. The molecule has 0 aliphatic carbocycles. The van der Waals surface area contributed by atoms with Gasteiger partial charge in [0.05, 0.1) is 5.69 Å². The van der Waals surface area contributed by atoms with Crippen LogP contribution >= 0.6 is 0 Å². The van der Waals surface area contributed by atoms with Crippen molar-refractivity contribution in [1.82, 2.24) is 4.98 Å². The molecule has 1 heteroatoms. The lowest BCUT2D eigenvalue weighted by molar-refractivity contribution is 0.579. The molecule has 0 bridgehead atoms. The zero-order valence-corrected chi connectivity index (χ0v) is 20.7. The third-order valence-corrected chi connectivity index (χ3v) is 6.46. The monoisotopic (exact) mass is 435 g/mol. The second-order valence-electron chi connectivity index (χ2n) is 8.89. The summed E-state index contributed by atoms with van der Waals surface area (Å²) in [5.74, 6) is 0.616. The maximum absolute atomic E-state index is 4.72. The number of hydrogen-bond acceptors (Lipinski definition) is 1. The molecule has 0 saturated heterocycles. The van der Waals surface area contributed by atoms with E-state index in [4.69, 9.17) is 4.98 Å². The Morgan fingerprint density at radius 1 is 0.879 bits per heavy atom. The number of allylic oxidation sites excluding steroid dienone is 6. The molecule has 1 aromatic heterocycles. The molecule has 0 amide bonds. The lowest BCUT2D eigenvalue weighted by Crippen LogP contribution is -1.99. The molecule has 0 radical (unpaired) electrons. The Morgan fingerprint density at radius 2 is 1.52 bits per heavy atom. The van der Waals surface area contributed by atoms with Gasteiger partial charge in [0, 0.05) is 11.6 Å². The first-order chi connectivity index (χ1) is 16.0. The van der Waals surface area contributed by atoms with Gasteiger partial charge in [-0.2, -0.15) is 0 Å². The number of nitrogens with zero attached hydrogens (tertiary/aromatic N) is 1. The molecule has 1 atom stereocenters. The molecule has 2 aromatic carbocycles. The Kier molecular flexibility index (Phi) is 8.60. The van der Waals surface area contributed by atoms with Gasteiger partial charge in [0.2, 0.25) is 0 Å². The minimum Gasteiger partial charge on any atom is -0.256 e. The molecule has 0 N–H and O–H groups in total. The van der Waals surface area contributed by atoms with Gasteiger partial charge < -0.3 is 0 Å². The van der Waals surface area contributed by atoms with Gasteiger partial charge in [0.15, 0.2) is 0 Å². The second kappa shape index (κ2) is 11.6. The topological polar surface area (TPSA) is 12.9 Å². The largest absolute Gasteiger partial charge is 0.256 e. The third-order valence-electron chi connectivity index (χ3n) is 6.46. The van der Waals surface area contributed by atoms with E-state index in [1.165, 1.54) is 27.7 Å². The van der Waals surface area contributed by atoms with Crippen molar-refractivity contribution in [3.05, 3.63) is 114 Å². The predicted molar refractivity (Wildman–Crippen MR) is 146 cm³/mol. The average molecular weight is 436 g/mol. The number of rotatable bonds is 10. The SMILES string of the molecule is C=C(/C=C(\CC)c1cc2ccccc2cn1)C(=C)/C=C(\CC(C)CC)c1ccccc1CC. The fraction of sp³-hybridized carbons (Fsp3) is 0.281. The zero-order valence-electron chi connectivity index (χ0n) is 20.7. The first kappa shape index (κ1) is 24.5. The summed E-state index contributed by atoms with van der Waals surface area (Å²) in [7, 11) is 0. The van der Waals surface area contributed by atoms with E-state index >= 15 is 0 Å². The highest BCUT2D eigenvalue weighted by molar-refractivity contribution is 5.85. The van der Waals surface area contributed by atoms with E-state index in [0.29, 0.717) is 5.92 Å². The summed E-state index contributed by atoms with van der Waals surface area (Å²) in [6, 6.07) is 19.3. The fourth-order valence-corrected chi connectivity index (χ4v) is 4.13. The van der Waals surface area contributed by atoms with Crippen molar-refractivity contribution in [3.63, 3.8) is 0 Å². The molecule has 3 rings (SSSR count). The number of hydrogen-bond donors (Lipinski definition) is 0. The quantitative estimate of drug-likeness (QED) is 0.289. The van der Waals surface area contributed by atoms with Gasteiger partial charge in [-0.3, -0.25) is 4.98 Å². The predicted octanol–water partition coefficient (Wildman–Crippen LogP) is 9.22. The van der Waals surface area contributed by atoms with Crippen molar-refractivity contribution in [3.8, 4) is 0 Å². The van der Waals surface area contributed by atoms with E-state index < -0.39 is 0 Å². The summed E-state index contributed by atoms with van der Waals surface area (Å²) < 4.78 is 0. The number of aryl methyl sites for hydroxylation is 1. The summed E-state index contributed by atoms with van der Waals surface area (Å²) in [6.07, 6.45) is 10.5. The van der Waals surface area contributed by atoms with Crippen molar-refractivity contribution < 1.29 is 0 Å². The van der Waals surface area contributed by atoms with Crippen LogP contribution in [0.5, 0.6) is 0 Å². The maximum atomic E-state index is 4.72. The molecule has 3 aromatic rings. The van der Waals surface area contributed by atoms with Crippen molar-refractivity contribution in [1.29, 1.82) is 0 Å². The van der Waals surface area contributed by atoms with E-state index in [1.54, 1.807) is 0 Å². The van der Waals surface area contributed by atoms with Crippen molar-refractivity contribution >= 4 is 21.9 Å². The van der Waals surface area contributed by atoms with Crippen LogP contribution in [0, 0.1) is 5.92 Å². The Labute approximate surface area is 200 Å². The van der Waals surface area contributed by atoms with E-state index in [9.17, 15) is 0 Å². The lowest BCUT2D eigenvalue weighted by Gasteiger charge is -2.17. The maximum Gasteiger partial charge on any atom is 0.0668 e. The number of fused-ring (bicyclic) bond motifs is 1. The van der Waals surface area contributed by atoms with E-state index in [1.807, 2.05) is 12.3 Å². The van der Waals surface area contributed by atoms with Crippen LogP contribution < -0.4 is 0 Å². The van der Waals surface area contributed by atoms with Gasteiger partial charge in [-0.25, -0.2) is 0 Å². The molecule has 1 unspecified atom stereocenters. The van der Waals surface area contributed by atoms with Gasteiger partial charge >= 0.3 is 0 Å². The Balaban J connectivity index is 1.93. The molecule has 0 spiro atoms. The second-order valence-corrected chi connectivity index (χ2v) is 8.89. The van der Waals surface area contributed by atoms with Crippen LogP contribution in [0.1, 0.15) is 63.8 Å². The smallest absolute Gasteiger partial charge is 0.0668 e. The Bertz CT molecular complexity index is 1190. The van der Waals surface area contributed by atoms with E-state index in [0.717, 1.165) is 47.9 Å². The first-order valence-electron chi connectivity index (χ1n) is 12.2. The molecule has 0 saturated carbocycles. The highest BCUT2D eigenvalue weighted by Gasteiger charge is 2.12. The average Bonchev–Trinajstić information content (AvgIpc) is 2.86. The van der Waals surface area contributed by atoms with Crippen molar-refractivity contribution in [2.45, 2.75) is 53.4 Å². The highest BCUT2D eigenvalue weighted by atomic mass is 14.7. The summed E-state index contributed by atoms with van der Waals surface area (Å²) in [4.78, 5) is 4.72. The molecule has 0 aliphatic heterocycles. The van der Waals surface area contributed by atoms with Crippen LogP contribution in [-0.2, 0) is 6.42 Å². The fourth-order valence-electron chi connectivity index (χ4n) is 4.13. The summed E-state index contributed by atoms with van der Waals surface area (Å²) in [5.41, 5.74) is 8.16. The van der Waals surface area contributed by atoms with Crippen molar-refractivity contribution in [2.75, 3.05) is 0 Å². The minimum absolute atomic E-state index is 0.616. The summed E-state index contributed by atoms with van der Waals surface area (Å²) >= 11 is 0.